The Balaban J connectivity index is 1.86. The van der Waals surface area contributed by atoms with Crippen molar-refractivity contribution in [2.45, 2.75) is 32.9 Å². The van der Waals surface area contributed by atoms with Crippen LogP contribution in [0, 0.1) is 0 Å². The molecule has 8 nitrogen and oxygen atoms in total. The number of amides is 2. The number of nitrogens with one attached hydrogen (secondary N) is 2. The summed E-state index contributed by atoms with van der Waals surface area (Å²) < 4.78 is 12.5. The first kappa shape index (κ1) is 22.1. The Labute approximate surface area is 192 Å². The number of hydrogen-bond acceptors (Lipinski definition) is 5. The highest BCUT2D eigenvalue weighted by molar-refractivity contribution is 5.95. The molecule has 0 radical (unpaired) electrons. The molecular weight excluding hydrogens is 420 g/mol. The van der Waals surface area contributed by atoms with Crippen LogP contribution in [-0.4, -0.2) is 35.0 Å². The Morgan fingerprint density at radius 1 is 1.09 bits per heavy atom. The number of rotatable bonds is 6. The number of hydrogen-bond donors (Lipinski definition) is 2. The lowest BCUT2D eigenvalue weighted by Crippen LogP contribution is -2.45. The molecule has 2 N–H and O–H groups in total. The smallest absolute Gasteiger partial charge is 0.337 e. The van der Waals surface area contributed by atoms with E-state index in [1.165, 1.54) is 7.11 Å². The van der Waals surface area contributed by atoms with Gasteiger partial charge < -0.3 is 20.1 Å². The number of aromatic nitrogens is 2. The summed E-state index contributed by atoms with van der Waals surface area (Å²) in [6.07, 6.45) is 1.89. The highest BCUT2D eigenvalue weighted by Crippen LogP contribution is 2.35. The summed E-state index contributed by atoms with van der Waals surface area (Å²) in [5.41, 5.74) is 3.75. The standard InChI is InChI=1S/C25H26N4O4/c1-15(2)33-19-12-10-17(11-13-19)22-20(14-29(28-22)18-8-6-5-7-9-18)23-21(24(30)32-4)16(3)26-25(31)27-23/h5-15,23H,1-4H3,(H2,26,27,31). The molecular formula is C25H26N4O4. The minimum absolute atomic E-state index is 0.0596. The maximum absolute atomic E-state index is 12.6. The second-order valence-corrected chi connectivity index (χ2v) is 7.97. The molecule has 1 aliphatic rings. The largest absolute Gasteiger partial charge is 0.491 e. The molecule has 33 heavy (non-hydrogen) atoms. The summed E-state index contributed by atoms with van der Waals surface area (Å²) in [6, 6.07) is 16.1. The Morgan fingerprint density at radius 3 is 2.42 bits per heavy atom. The van der Waals surface area contributed by atoms with Crippen LogP contribution in [0.25, 0.3) is 16.9 Å². The van der Waals surface area contributed by atoms with Gasteiger partial charge in [0.05, 0.1) is 36.2 Å². The minimum Gasteiger partial charge on any atom is -0.491 e. The summed E-state index contributed by atoms with van der Waals surface area (Å²) in [5, 5.41) is 10.3. The summed E-state index contributed by atoms with van der Waals surface area (Å²) in [4.78, 5) is 25.0. The third kappa shape index (κ3) is 4.59. The third-order valence-electron chi connectivity index (χ3n) is 5.25. The molecule has 0 aliphatic carbocycles. The van der Waals surface area contributed by atoms with E-state index in [0.29, 0.717) is 22.5 Å². The molecule has 8 heteroatoms. The molecule has 2 aromatic carbocycles. The zero-order valence-corrected chi connectivity index (χ0v) is 19.0. The van der Waals surface area contributed by atoms with Crippen molar-refractivity contribution in [3.05, 3.63) is 77.6 Å². The summed E-state index contributed by atoms with van der Waals surface area (Å²) in [5.74, 6) is 0.225. The van der Waals surface area contributed by atoms with Crippen LogP contribution in [0.5, 0.6) is 5.75 Å². The predicted molar refractivity (Wildman–Crippen MR) is 124 cm³/mol. The van der Waals surface area contributed by atoms with Crippen molar-refractivity contribution < 1.29 is 19.1 Å². The summed E-state index contributed by atoms with van der Waals surface area (Å²) >= 11 is 0. The van der Waals surface area contributed by atoms with Crippen LogP contribution in [0.4, 0.5) is 4.79 Å². The lowest BCUT2D eigenvalue weighted by atomic mass is 9.94. The van der Waals surface area contributed by atoms with Gasteiger partial charge in [-0.15, -0.1) is 0 Å². The van der Waals surface area contributed by atoms with Crippen LogP contribution in [-0.2, 0) is 9.53 Å². The fraction of sp³-hybridized carbons (Fsp3) is 0.240. The number of carbonyl (C=O) groups is 2. The molecule has 0 bridgehead atoms. The number of ether oxygens (including phenoxy) is 2. The lowest BCUT2D eigenvalue weighted by molar-refractivity contribution is -0.136. The Kier molecular flexibility index (Phi) is 6.17. The van der Waals surface area contributed by atoms with Crippen LogP contribution in [0.3, 0.4) is 0 Å². The highest BCUT2D eigenvalue weighted by atomic mass is 16.5. The van der Waals surface area contributed by atoms with Gasteiger partial charge in [-0.2, -0.15) is 5.10 Å². The number of methoxy groups -OCH3 is 1. The molecule has 0 fully saturated rings. The van der Waals surface area contributed by atoms with Crippen LogP contribution >= 0.6 is 0 Å². The zero-order valence-electron chi connectivity index (χ0n) is 19.0. The second-order valence-electron chi connectivity index (χ2n) is 7.97. The number of urea groups is 1. The van der Waals surface area contributed by atoms with E-state index >= 15 is 0 Å². The average Bonchev–Trinajstić information content (AvgIpc) is 3.24. The van der Waals surface area contributed by atoms with E-state index in [0.717, 1.165) is 17.0 Å². The van der Waals surface area contributed by atoms with E-state index in [1.807, 2.05) is 74.6 Å². The topological polar surface area (TPSA) is 94.5 Å². The van der Waals surface area contributed by atoms with Crippen molar-refractivity contribution in [1.82, 2.24) is 20.4 Å². The molecule has 1 aliphatic heterocycles. The molecule has 1 atom stereocenters. The van der Waals surface area contributed by atoms with E-state index < -0.39 is 18.0 Å². The number of carbonyl (C=O) groups excluding carboxylic acids is 2. The molecule has 0 saturated carbocycles. The van der Waals surface area contributed by atoms with Crippen LogP contribution in [0.2, 0.25) is 0 Å². The molecule has 3 aromatic rings. The van der Waals surface area contributed by atoms with Gasteiger partial charge in [-0.3, -0.25) is 0 Å². The molecule has 2 heterocycles. The molecule has 170 valence electrons. The normalized spacial score (nSPS) is 15.8. The Morgan fingerprint density at radius 2 is 1.79 bits per heavy atom. The van der Waals surface area contributed by atoms with Gasteiger partial charge in [0.2, 0.25) is 0 Å². The first-order valence-corrected chi connectivity index (χ1v) is 10.7. The summed E-state index contributed by atoms with van der Waals surface area (Å²) in [7, 11) is 1.32. The monoisotopic (exact) mass is 446 g/mol. The van der Waals surface area contributed by atoms with Crippen LogP contribution in [0.1, 0.15) is 32.4 Å². The SMILES string of the molecule is COC(=O)C1=C(C)NC(=O)NC1c1cn(-c2ccccc2)nc1-c1ccc(OC(C)C)cc1. The van der Waals surface area contributed by atoms with Crippen molar-refractivity contribution in [2.24, 2.45) is 0 Å². The lowest BCUT2D eigenvalue weighted by Gasteiger charge is -2.27. The van der Waals surface area contributed by atoms with Gasteiger partial charge in [0, 0.05) is 23.0 Å². The fourth-order valence-electron chi connectivity index (χ4n) is 3.81. The van der Waals surface area contributed by atoms with Gasteiger partial charge >= 0.3 is 12.0 Å². The van der Waals surface area contributed by atoms with Crippen LogP contribution in [0.15, 0.2) is 72.1 Å². The van der Waals surface area contributed by atoms with Crippen molar-refractivity contribution in [3.8, 4) is 22.7 Å². The molecule has 1 aromatic heterocycles. The van der Waals surface area contributed by atoms with Crippen molar-refractivity contribution >= 4 is 12.0 Å². The van der Waals surface area contributed by atoms with Crippen LogP contribution < -0.4 is 15.4 Å². The zero-order chi connectivity index (χ0) is 23.5. The third-order valence-corrected chi connectivity index (χ3v) is 5.25. The van der Waals surface area contributed by atoms with Gasteiger partial charge in [-0.25, -0.2) is 14.3 Å². The number of benzene rings is 2. The molecule has 0 spiro atoms. The van der Waals surface area contributed by atoms with E-state index in [1.54, 1.807) is 11.6 Å². The van der Waals surface area contributed by atoms with Gasteiger partial charge in [0.25, 0.3) is 0 Å². The number of allylic oxidation sites excluding steroid dienone is 1. The van der Waals surface area contributed by atoms with Crippen molar-refractivity contribution in [2.75, 3.05) is 7.11 Å². The number of esters is 1. The van der Waals surface area contributed by atoms with E-state index in [-0.39, 0.29) is 6.10 Å². The molecule has 4 rings (SSSR count). The van der Waals surface area contributed by atoms with Gasteiger partial charge in [0.1, 0.15) is 5.75 Å². The first-order valence-electron chi connectivity index (χ1n) is 10.7. The second kappa shape index (κ2) is 9.20. The molecule has 2 amide bonds. The molecule has 1 unspecified atom stereocenters. The quantitative estimate of drug-likeness (QED) is 0.556. The van der Waals surface area contributed by atoms with Gasteiger partial charge in [0.15, 0.2) is 0 Å². The minimum atomic E-state index is -0.731. The van der Waals surface area contributed by atoms with E-state index in [2.05, 4.69) is 10.6 Å². The first-order chi connectivity index (χ1) is 15.9. The van der Waals surface area contributed by atoms with Gasteiger partial charge in [-0.1, -0.05) is 18.2 Å². The maximum atomic E-state index is 12.6. The highest BCUT2D eigenvalue weighted by Gasteiger charge is 2.35. The van der Waals surface area contributed by atoms with Gasteiger partial charge in [-0.05, 0) is 57.2 Å². The Bertz CT molecular complexity index is 1200. The maximum Gasteiger partial charge on any atom is 0.337 e. The van der Waals surface area contributed by atoms with Crippen molar-refractivity contribution in [3.63, 3.8) is 0 Å². The number of nitrogens with zero attached hydrogens (tertiary/aromatic N) is 2. The molecule has 0 saturated heterocycles. The Hall–Kier alpha value is -4.07. The predicted octanol–water partition coefficient (Wildman–Crippen LogP) is 4.13. The summed E-state index contributed by atoms with van der Waals surface area (Å²) in [6.45, 7) is 5.62. The average molecular weight is 447 g/mol. The van der Waals surface area contributed by atoms with Crippen molar-refractivity contribution in [1.29, 1.82) is 0 Å². The number of para-hydroxylation sites is 1. The van der Waals surface area contributed by atoms with E-state index in [9.17, 15) is 9.59 Å². The van der Waals surface area contributed by atoms with E-state index in [4.69, 9.17) is 14.6 Å². The fourth-order valence-corrected chi connectivity index (χ4v) is 3.81.